The molecule has 0 fully saturated rings. The predicted octanol–water partition coefficient (Wildman–Crippen LogP) is 2.91. The van der Waals surface area contributed by atoms with Gasteiger partial charge in [-0.2, -0.15) is 0 Å². The van der Waals surface area contributed by atoms with Gasteiger partial charge in [0.15, 0.2) is 0 Å². The highest BCUT2D eigenvalue weighted by atomic mass is 16.3. The molecule has 0 spiro atoms. The molecule has 1 aromatic carbocycles. The second-order valence-corrected chi connectivity index (χ2v) is 3.98. The van der Waals surface area contributed by atoms with Crippen molar-refractivity contribution < 1.29 is 5.11 Å². The largest absolute Gasteiger partial charge is 0.388 e. The lowest BCUT2D eigenvalue weighted by atomic mass is 9.80. The van der Waals surface area contributed by atoms with Crippen molar-refractivity contribution in [3.63, 3.8) is 0 Å². The number of nitrogens with zero attached hydrogens (tertiary/aromatic N) is 3. The summed E-state index contributed by atoms with van der Waals surface area (Å²) in [5.74, 6) is 0.333. The Balaban J connectivity index is 2.43. The molecule has 2 rings (SSSR count). The van der Waals surface area contributed by atoms with Gasteiger partial charge < -0.3 is 5.11 Å². The molecule has 0 saturated heterocycles. The molecule has 3 unspecified atom stereocenters. The standard InChI is InChI=1S/C11H13N3O/c1-7-6-10(13-14-12)11(15)9-5-3-2-4-8(7)9/h2-5,7,10-11,15H,6H2,1H3. The molecule has 3 atom stereocenters. The van der Waals surface area contributed by atoms with Gasteiger partial charge in [0.25, 0.3) is 0 Å². The van der Waals surface area contributed by atoms with Crippen molar-refractivity contribution in [2.24, 2.45) is 5.11 Å². The summed E-state index contributed by atoms with van der Waals surface area (Å²) in [5.41, 5.74) is 10.5. The Morgan fingerprint density at radius 3 is 2.73 bits per heavy atom. The van der Waals surface area contributed by atoms with Crippen molar-refractivity contribution in [3.05, 3.63) is 45.8 Å². The highest BCUT2D eigenvalue weighted by Gasteiger charge is 2.30. The lowest BCUT2D eigenvalue weighted by Crippen LogP contribution is -2.25. The topological polar surface area (TPSA) is 69.0 Å². The number of azide groups is 1. The van der Waals surface area contributed by atoms with Gasteiger partial charge in [0.2, 0.25) is 0 Å². The fourth-order valence-electron chi connectivity index (χ4n) is 2.23. The zero-order valence-electron chi connectivity index (χ0n) is 8.54. The second kappa shape index (κ2) is 3.93. The molecule has 1 aliphatic carbocycles. The van der Waals surface area contributed by atoms with Crippen molar-refractivity contribution in [2.45, 2.75) is 31.4 Å². The van der Waals surface area contributed by atoms with E-state index in [1.807, 2.05) is 24.3 Å². The Morgan fingerprint density at radius 2 is 2.07 bits per heavy atom. The molecule has 15 heavy (non-hydrogen) atoms. The number of fused-ring (bicyclic) bond motifs is 1. The Labute approximate surface area is 88.2 Å². The Kier molecular flexibility index (Phi) is 2.62. The molecule has 0 radical (unpaired) electrons. The van der Waals surface area contributed by atoms with Crippen LogP contribution in [-0.4, -0.2) is 11.1 Å². The maximum absolute atomic E-state index is 10.0. The van der Waals surface area contributed by atoms with Gasteiger partial charge in [0.1, 0.15) is 0 Å². The van der Waals surface area contributed by atoms with Crippen LogP contribution >= 0.6 is 0 Å². The summed E-state index contributed by atoms with van der Waals surface area (Å²) in [6.07, 6.45) is 0.0516. The Morgan fingerprint density at radius 1 is 1.40 bits per heavy atom. The van der Waals surface area contributed by atoms with Crippen LogP contribution in [0.2, 0.25) is 0 Å². The third kappa shape index (κ3) is 1.69. The van der Waals surface area contributed by atoms with Crippen molar-refractivity contribution in [1.82, 2.24) is 0 Å². The number of benzene rings is 1. The van der Waals surface area contributed by atoms with Crippen LogP contribution in [0.4, 0.5) is 0 Å². The zero-order valence-corrected chi connectivity index (χ0v) is 8.54. The molecule has 78 valence electrons. The van der Waals surface area contributed by atoms with Crippen LogP contribution < -0.4 is 0 Å². The Hall–Kier alpha value is -1.51. The van der Waals surface area contributed by atoms with Crippen molar-refractivity contribution in [3.8, 4) is 0 Å². The van der Waals surface area contributed by atoms with Crippen LogP contribution in [-0.2, 0) is 0 Å². The number of hydrogen-bond donors (Lipinski definition) is 1. The van der Waals surface area contributed by atoms with Gasteiger partial charge in [-0.1, -0.05) is 36.3 Å². The molecule has 0 saturated carbocycles. The maximum atomic E-state index is 10.0. The fourth-order valence-corrected chi connectivity index (χ4v) is 2.23. The summed E-state index contributed by atoms with van der Waals surface area (Å²) < 4.78 is 0. The maximum Gasteiger partial charge on any atom is 0.0877 e. The van der Waals surface area contributed by atoms with E-state index in [4.69, 9.17) is 5.53 Å². The smallest absolute Gasteiger partial charge is 0.0877 e. The molecular weight excluding hydrogens is 190 g/mol. The first-order valence-electron chi connectivity index (χ1n) is 5.05. The van der Waals surface area contributed by atoms with Crippen LogP contribution in [0.1, 0.15) is 36.5 Å². The van der Waals surface area contributed by atoms with E-state index in [0.717, 1.165) is 11.1 Å². The predicted molar refractivity (Wildman–Crippen MR) is 57.4 cm³/mol. The molecule has 0 amide bonds. The quantitative estimate of drug-likeness (QED) is 0.425. The van der Waals surface area contributed by atoms with E-state index in [2.05, 4.69) is 16.9 Å². The second-order valence-electron chi connectivity index (χ2n) is 3.98. The van der Waals surface area contributed by atoms with E-state index in [1.165, 1.54) is 0 Å². The monoisotopic (exact) mass is 203 g/mol. The lowest BCUT2D eigenvalue weighted by Gasteiger charge is -2.31. The van der Waals surface area contributed by atoms with E-state index in [9.17, 15) is 5.11 Å². The molecule has 4 heteroatoms. The van der Waals surface area contributed by atoms with Gasteiger partial charge in [0.05, 0.1) is 12.1 Å². The number of rotatable bonds is 1. The van der Waals surface area contributed by atoms with E-state index >= 15 is 0 Å². The van der Waals surface area contributed by atoms with Gasteiger partial charge >= 0.3 is 0 Å². The van der Waals surface area contributed by atoms with Crippen molar-refractivity contribution in [2.75, 3.05) is 0 Å². The highest BCUT2D eigenvalue weighted by molar-refractivity contribution is 5.35. The number of hydrogen-bond acceptors (Lipinski definition) is 2. The molecule has 0 aromatic heterocycles. The van der Waals surface area contributed by atoms with E-state index < -0.39 is 6.10 Å². The van der Waals surface area contributed by atoms with E-state index in [-0.39, 0.29) is 6.04 Å². The fraction of sp³-hybridized carbons (Fsp3) is 0.455. The molecule has 0 bridgehead atoms. The summed E-state index contributed by atoms with van der Waals surface area (Å²) in [6.45, 7) is 2.09. The summed E-state index contributed by atoms with van der Waals surface area (Å²) >= 11 is 0. The molecule has 0 aliphatic heterocycles. The third-order valence-electron chi connectivity index (χ3n) is 3.01. The molecular formula is C11H13N3O. The van der Waals surface area contributed by atoms with E-state index in [1.54, 1.807) is 0 Å². The van der Waals surface area contributed by atoms with Gasteiger partial charge in [-0.25, -0.2) is 0 Å². The molecule has 1 N–H and O–H groups in total. The molecule has 0 heterocycles. The molecule has 4 nitrogen and oxygen atoms in total. The highest BCUT2D eigenvalue weighted by Crippen LogP contribution is 2.38. The normalized spacial score (nSPS) is 29.1. The van der Waals surface area contributed by atoms with Gasteiger partial charge in [-0.05, 0) is 29.0 Å². The first-order valence-corrected chi connectivity index (χ1v) is 5.05. The summed E-state index contributed by atoms with van der Waals surface area (Å²) in [4.78, 5) is 2.78. The summed E-state index contributed by atoms with van der Waals surface area (Å²) in [7, 11) is 0. The summed E-state index contributed by atoms with van der Waals surface area (Å²) in [5, 5.41) is 13.6. The minimum absolute atomic E-state index is 0.333. The van der Waals surface area contributed by atoms with Gasteiger partial charge in [0, 0.05) is 4.91 Å². The van der Waals surface area contributed by atoms with Crippen LogP contribution in [0, 0.1) is 0 Å². The van der Waals surface area contributed by atoms with Crippen LogP contribution in [0.25, 0.3) is 10.4 Å². The van der Waals surface area contributed by atoms with Gasteiger partial charge in [-0.3, -0.25) is 0 Å². The lowest BCUT2D eigenvalue weighted by molar-refractivity contribution is 0.128. The van der Waals surface area contributed by atoms with E-state index in [0.29, 0.717) is 12.3 Å². The number of aliphatic hydroxyl groups is 1. The minimum atomic E-state index is -0.659. The van der Waals surface area contributed by atoms with Crippen molar-refractivity contribution >= 4 is 0 Å². The molecule has 1 aromatic rings. The SMILES string of the molecule is CC1CC(N=[N+]=[N-])C(O)c2ccccc21. The average molecular weight is 203 g/mol. The van der Waals surface area contributed by atoms with Crippen LogP contribution in [0.15, 0.2) is 29.4 Å². The average Bonchev–Trinajstić information content (AvgIpc) is 2.26. The first kappa shape index (κ1) is 10.0. The Bertz CT molecular complexity index is 412. The zero-order chi connectivity index (χ0) is 10.8. The minimum Gasteiger partial charge on any atom is -0.388 e. The van der Waals surface area contributed by atoms with Crippen molar-refractivity contribution in [1.29, 1.82) is 0 Å². The summed E-state index contributed by atoms with van der Waals surface area (Å²) in [6, 6.07) is 7.45. The van der Waals surface area contributed by atoms with Crippen LogP contribution in [0.5, 0.6) is 0 Å². The third-order valence-corrected chi connectivity index (χ3v) is 3.01. The number of aliphatic hydroxyl groups excluding tert-OH is 1. The van der Waals surface area contributed by atoms with Gasteiger partial charge in [-0.15, -0.1) is 0 Å². The van der Waals surface area contributed by atoms with Crippen LogP contribution in [0.3, 0.4) is 0 Å². The first-order chi connectivity index (χ1) is 7.24. The molecule has 1 aliphatic rings.